The largest absolute Gasteiger partial charge is 0.436 e. The molecule has 0 saturated heterocycles. The van der Waals surface area contributed by atoms with Gasteiger partial charge in [-0.3, -0.25) is 0 Å². The fraction of sp³-hybridized carbons (Fsp3) is 0.188. The van der Waals surface area contributed by atoms with E-state index in [4.69, 9.17) is 4.42 Å². The number of fused-ring (bicyclic) bond motifs is 1. The van der Waals surface area contributed by atoms with E-state index in [0.717, 1.165) is 22.2 Å². The van der Waals surface area contributed by atoms with Crippen molar-refractivity contribution in [3.8, 4) is 11.5 Å². The lowest BCUT2D eigenvalue weighted by molar-refractivity contribution is 0.273. The van der Waals surface area contributed by atoms with Crippen molar-refractivity contribution in [2.75, 3.05) is 6.61 Å². The summed E-state index contributed by atoms with van der Waals surface area (Å²) < 4.78 is 5.75. The smallest absolute Gasteiger partial charge is 0.227 e. The van der Waals surface area contributed by atoms with Gasteiger partial charge in [-0.2, -0.15) is 0 Å². The Bertz CT molecular complexity index is 691. The average Bonchev–Trinajstić information content (AvgIpc) is 2.90. The molecule has 0 saturated carbocycles. The van der Waals surface area contributed by atoms with Gasteiger partial charge in [0, 0.05) is 18.1 Å². The first kappa shape index (κ1) is 14.2. The van der Waals surface area contributed by atoms with Gasteiger partial charge in [0.15, 0.2) is 5.58 Å². The molecule has 2 aromatic carbocycles. The Morgan fingerprint density at radius 2 is 1.90 bits per heavy atom. The highest BCUT2D eigenvalue weighted by Gasteiger charge is 2.10. The Hall–Kier alpha value is -2.17. The Kier molecular flexibility index (Phi) is 4.17. The minimum absolute atomic E-state index is 0. The number of hydrogen-bond acceptors (Lipinski definition) is 3. The Balaban J connectivity index is 0.00000147. The second-order valence-corrected chi connectivity index (χ2v) is 4.70. The van der Waals surface area contributed by atoms with Gasteiger partial charge in [-0.25, -0.2) is 4.98 Å². The van der Waals surface area contributed by atoms with Gasteiger partial charge >= 0.3 is 0 Å². The number of oxazole rings is 1. The summed E-state index contributed by atoms with van der Waals surface area (Å²) in [6, 6.07) is 15.7. The fourth-order valence-electron chi connectivity index (χ4n) is 2.06. The summed E-state index contributed by atoms with van der Waals surface area (Å²) in [6.45, 7) is 2.12. The van der Waals surface area contributed by atoms with Crippen LogP contribution in [0.25, 0.3) is 22.6 Å². The molecule has 0 aliphatic heterocycles. The number of nitrogens with zero attached hydrogens (tertiary/aromatic N) is 1. The van der Waals surface area contributed by atoms with Crippen LogP contribution >= 0.6 is 0 Å². The van der Waals surface area contributed by atoms with Gasteiger partial charge in [-0.1, -0.05) is 31.2 Å². The lowest BCUT2D eigenvalue weighted by Crippen LogP contribution is -1.98. The Morgan fingerprint density at radius 3 is 2.60 bits per heavy atom. The van der Waals surface area contributed by atoms with Crippen LogP contribution in [0.2, 0.25) is 0 Å². The first-order chi connectivity index (χ1) is 9.28. The van der Waals surface area contributed by atoms with Crippen LogP contribution in [0, 0.1) is 0 Å². The first-order valence-electron chi connectivity index (χ1n) is 6.34. The first-order valence-corrected chi connectivity index (χ1v) is 6.34. The van der Waals surface area contributed by atoms with E-state index in [2.05, 4.69) is 4.98 Å². The minimum Gasteiger partial charge on any atom is -0.436 e. The number of benzene rings is 2. The van der Waals surface area contributed by atoms with Crippen molar-refractivity contribution in [2.45, 2.75) is 12.8 Å². The lowest BCUT2D eigenvalue weighted by Gasteiger charge is -2.06. The molecule has 0 spiro atoms. The maximum Gasteiger partial charge on any atom is 0.227 e. The molecule has 0 fully saturated rings. The van der Waals surface area contributed by atoms with E-state index in [0.29, 0.717) is 5.89 Å². The summed E-state index contributed by atoms with van der Waals surface area (Å²) in [4.78, 5) is 4.51. The molecule has 3 rings (SSSR count). The molecule has 20 heavy (non-hydrogen) atoms. The zero-order chi connectivity index (χ0) is 13.2. The maximum atomic E-state index is 9.20. The van der Waals surface area contributed by atoms with Gasteiger partial charge in [-0.05, 0) is 29.8 Å². The number of aromatic nitrogens is 1. The van der Waals surface area contributed by atoms with Gasteiger partial charge in [-0.15, -0.1) is 0 Å². The number of hydrogen-bond donors (Lipinski definition) is 1. The van der Waals surface area contributed by atoms with Crippen LogP contribution in [-0.2, 0) is 0 Å². The normalized spacial score (nSPS) is 12.1. The van der Waals surface area contributed by atoms with E-state index in [-0.39, 0.29) is 18.0 Å². The van der Waals surface area contributed by atoms with Gasteiger partial charge < -0.3 is 15.0 Å². The van der Waals surface area contributed by atoms with Crippen LogP contribution in [0.4, 0.5) is 0 Å². The highest BCUT2D eigenvalue weighted by atomic mass is 16.3. The monoisotopic (exact) mass is 271 g/mol. The van der Waals surface area contributed by atoms with Crippen LogP contribution in [-0.4, -0.2) is 22.2 Å². The maximum absolute atomic E-state index is 9.20. The molecule has 0 bridgehead atoms. The van der Waals surface area contributed by atoms with Crippen LogP contribution < -0.4 is 0 Å². The van der Waals surface area contributed by atoms with Crippen molar-refractivity contribution < 1.29 is 15.0 Å². The standard InChI is InChI=1S/C16H15NO2.H2O/c1-11(10-18)13-7-8-15-14(9-13)17-16(19-15)12-5-3-2-4-6-12;/h2-9,11,18H,10H2,1H3;1H2. The summed E-state index contributed by atoms with van der Waals surface area (Å²) in [5, 5.41) is 9.20. The number of aliphatic hydroxyl groups is 1. The van der Waals surface area contributed by atoms with Crippen molar-refractivity contribution in [2.24, 2.45) is 0 Å². The molecule has 3 aromatic rings. The summed E-state index contributed by atoms with van der Waals surface area (Å²) in [5.74, 6) is 0.741. The molecule has 0 amide bonds. The predicted molar refractivity (Wildman–Crippen MR) is 78.6 cm³/mol. The average molecular weight is 271 g/mol. The minimum atomic E-state index is 0. The predicted octanol–water partition coefficient (Wildman–Crippen LogP) is 2.77. The van der Waals surface area contributed by atoms with Crippen LogP contribution in [0.1, 0.15) is 18.4 Å². The molecule has 0 radical (unpaired) electrons. The van der Waals surface area contributed by atoms with E-state index < -0.39 is 0 Å². The van der Waals surface area contributed by atoms with E-state index in [1.165, 1.54) is 0 Å². The van der Waals surface area contributed by atoms with E-state index in [1.54, 1.807) is 0 Å². The Morgan fingerprint density at radius 1 is 1.15 bits per heavy atom. The third-order valence-corrected chi connectivity index (χ3v) is 3.28. The Labute approximate surface area is 117 Å². The van der Waals surface area contributed by atoms with Gasteiger partial charge in [0.05, 0.1) is 0 Å². The second kappa shape index (κ2) is 5.86. The van der Waals surface area contributed by atoms with Crippen molar-refractivity contribution in [3.05, 3.63) is 54.1 Å². The molecular weight excluding hydrogens is 254 g/mol. The molecule has 3 N–H and O–H groups in total. The molecule has 1 aromatic heterocycles. The molecule has 1 atom stereocenters. The quantitative estimate of drug-likeness (QED) is 0.795. The van der Waals surface area contributed by atoms with E-state index in [1.807, 2.05) is 55.5 Å². The zero-order valence-corrected chi connectivity index (χ0v) is 11.2. The SMILES string of the molecule is CC(CO)c1ccc2oc(-c3ccccc3)nc2c1.O. The van der Waals surface area contributed by atoms with Crippen molar-refractivity contribution in [3.63, 3.8) is 0 Å². The molecule has 4 nitrogen and oxygen atoms in total. The van der Waals surface area contributed by atoms with Crippen LogP contribution in [0.15, 0.2) is 52.9 Å². The zero-order valence-electron chi connectivity index (χ0n) is 11.2. The van der Waals surface area contributed by atoms with E-state index in [9.17, 15) is 5.11 Å². The lowest BCUT2D eigenvalue weighted by atomic mass is 10.0. The van der Waals surface area contributed by atoms with Crippen LogP contribution in [0.5, 0.6) is 0 Å². The summed E-state index contributed by atoms with van der Waals surface area (Å²) in [7, 11) is 0. The molecule has 0 aliphatic carbocycles. The highest BCUT2D eigenvalue weighted by molar-refractivity contribution is 5.77. The highest BCUT2D eigenvalue weighted by Crippen LogP contribution is 2.26. The molecule has 0 aliphatic rings. The molecule has 4 heteroatoms. The molecular formula is C16H17NO3. The van der Waals surface area contributed by atoms with Crippen molar-refractivity contribution in [1.82, 2.24) is 4.98 Å². The second-order valence-electron chi connectivity index (χ2n) is 4.70. The topological polar surface area (TPSA) is 77.8 Å². The number of rotatable bonds is 3. The molecule has 1 heterocycles. The molecule has 104 valence electrons. The van der Waals surface area contributed by atoms with Gasteiger partial charge in [0.2, 0.25) is 5.89 Å². The third-order valence-electron chi connectivity index (χ3n) is 3.28. The summed E-state index contributed by atoms with van der Waals surface area (Å²) in [6.07, 6.45) is 0. The van der Waals surface area contributed by atoms with Crippen molar-refractivity contribution in [1.29, 1.82) is 0 Å². The van der Waals surface area contributed by atoms with E-state index >= 15 is 0 Å². The summed E-state index contributed by atoms with van der Waals surface area (Å²) >= 11 is 0. The van der Waals surface area contributed by atoms with Gasteiger partial charge in [0.25, 0.3) is 0 Å². The van der Waals surface area contributed by atoms with Crippen LogP contribution in [0.3, 0.4) is 0 Å². The fourth-order valence-corrected chi connectivity index (χ4v) is 2.06. The van der Waals surface area contributed by atoms with Gasteiger partial charge in [0.1, 0.15) is 5.52 Å². The molecule has 1 unspecified atom stereocenters. The van der Waals surface area contributed by atoms with Crippen molar-refractivity contribution >= 4 is 11.1 Å². The summed E-state index contributed by atoms with van der Waals surface area (Å²) in [5.41, 5.74) is 3.64. The third kappa shape index (κ3) is 2.57. The number of aliphatic hydroxyl groups excluding tert-OH is 1.